The molecule has 0 spiro atoms. The molecule has 0 saturated carbocycles. The zero-order valence-electron chi connectivity index (χ0n) is 23.1. The van der Waals surface area contributed by atoms with Crippen molar-refractivity contribution in [1.82, 2.24) is 9.88 Å². The quantitative estimate of drug-likeness (QED) is 0.417. The van der Waals surface area contributed by atoms with Crippen molar-refractivity contribution in [2.24, 2.45) is 5.41 Å². The van der Waals surface area contributed by atoms with Gasteiger partial charge in [0.25, 0.3) is 5.91 Å². The fourth-order valence-corrected chi connectivity index (χ4v) is 4.37. The van der Waals surface area contributed by atoms with Crippen LogP contribution < -0.4 is 9.88 Å². The molecule has 2 aromatic carbocycles. The van der Waals surface area contributed by atoms with Crippen LogP contribution in [0.3, 0.4) is 0 Å². The molecule has 0 aliphatic carbocycles. The van der Waals surface area contributed by atoms with Gasteiger partial charge >= 0.3 is 0 Å². The average molecular weight is 475 g/mol. The van der Waals surface area contributed by atoms with E-state index in [2.05, 4.69) is 115 Å². The van der Waals surface area contributed by atoms with E-state index in [1.165, 1.54) is 16.7 Å². The number of aromatic nitrogens is 2. The van der Waals surface area contributed by atoms with E-state index in [4.69, 9.17) is 0 Å². The summed E-state index contributed by atoms with van der Waals surface area (Å²) in [6.45, 7) is 21.1. The predicted octanol–water partition coefficient (Wildman–Crippen LogP) is 6.32. The molecular formula is C31H44N3O+. The van der Waals surface area contributed by atoms with Crippen LogP contribution in [-0.2, 0) is 28.7 Å². The van der Waals surface area contributed by atoms with E-state index in [1.54, 1.807) is 0 Å². The van der Waals surface area contributed by atoms with Crippen molar-refractivity contribution < 1.29 is 9.36 Å². The first-order chi connectivity index (χ1) is 16.1. The third kappa shape index (κ3) is 7.06. The second-order valence-electron chi connectivity index (χ2n) is 12.9. The van der Waals surface area contributed by atoms with Gasteiger partial charge in [0.05, 0.1) is 0 Å². The molecule has 1 atom stereocenters. The maximum atomic E-state index is 13.6. The third-order valence-electron chi connectivity index (χ3n) is 6.48. The minimum absolute atomic E-state index is 0.0402. The van der Waals surface area contributed by atoms with Crippen LogP contribution in [0.1, 0.15) is 90.6 Å². The molecule has 3 rings (SSSR count). The summed E-state index contributed by atoms with van der Waals surface area (Å²) in [5.74, 6) is 0.0402. The second-order valence-corrected chi connectivity index (χ2v) is 12.9. The predicted molar refractivity (Wildman–Crippen MR) is 144 cm³/mol. The Labute approximate surface area is 212 Å². The number of carbonyl (C=O) groups excluding carboxylic acids is 1. The third-order valence-corrected chi connectivity index (χ3v) is 6.48. The maximum absolute atomic E-state index is 13.6. The lowest BCUT2D eigenvalue weighted by Gasteiger charge is -2.28. The summed E-state index contributed by atoms with van der Waals surface area (Å²) in [7, 11) is 0. The van der Waals surface area contributed by atoms with Crippen LogP contribution in [0.2, 0.25) is 0 Å². The van der Waals surface area contributed by atoms with E-state index < -0.39 is 0 Å². The number of benzene rings is 2. The van der Waals surface area contributed by atoms with Gasteiger partial charge in [-0.15, -0.1) is 0 Å². The van der Waals surface area contributed by atoms with Gasteiger partial charge in [-0.05, 0) is 33.1 Å². The van der Waals surface area contributed by atoms with Gasteiger partial charge in [0.1, 0.15) is 18.9 Å². The minimum atomic E-state index is -0.313. The molecule has 0 saturated heterocycles. The normalized spacial score (nSPS) is 13.5. The summed E-state index contributed by atoms with van der Waals surface area (Å²) in [6, 6.07) is 16.9. The molecule has 3 aromatic rings. The zero-order valence-corrected chi connectivity index (χ0v) is 23.1. The van der Waals surface area contributed by atoms with Crippen LogP contribution in [0.5, 0.6) is 0 Å². The Morgan fingerprint density at radius 2 is 1.43 bits per heavy atom. The molecule has 0 unspecified atom stereocenters. The smallest absolute Gasteiger partial charge is 0.266 e. The highest BCUT2D eigenvalue weighted by molar-refractivity contribution is 5.81. The lowest BCUT2D eigenvalue weighted by Crippen LogP contribution is -2.40. The SMILES string of the molecule is CC(C)(C)c1cc(CNC(=O)[C@@H](n2cc[n+](Cc3ccccc3)c2)C(C)(C)C)cc(C(C)(C)C)c1. The van der Waals surface area contributed by atoms with Crippen molar-refractivity contribution in [1.29, 1.82) is 0 Å². The molecule has 0 radical (unpaired) electrons. The lowest BCUT2D eigenvalue weighted by atomic mass is 9.79. The van der Waals surface area contributed by atoms with Crippen LogP contribution in [0.25, 0.3) is 0 Å². The molecule has 0 aliphatic heterocycles. The number of hydrogen-bond donors (Lipinski definition) is 1. The first-order valence-corrected chi connectivity index (χ1v) is 12.7. The van der Waals surface area contributed by atoms with Crippen molar-refractivity contribution in [2.75, 3.05) is 0 Å². The molecule has 0 bridgehead atoms. The average Bonchev–Trinajstić information content (AvgIpc) is 3.18. The number of hydrogen-bond acceptors (Lipinski definition) is 1. The highest BCUT2D eigenvalue weighted by Gasteiger charge is 2.37. The molecule has 1 heterocycles. The lowest BCUT2D eigenvalue weighted by molar-refractivity contribution is -0.688. The molecule has 1 amide bonds. The van der Waals surface area contributed by atoms with E-state index in [0.717, 1.165) is 12.1 Å². The molecule has 1 aromatic heterocycles. The van der Waals surface area contributed by atoms with Gasteiger partial charge in [0.2, 0.25) is 6.33 Å². The Kier molecular flexibility index (Phi) is 7.64. The van der Waals surface area contributed by atoms with E-state index in [0.29, 0.717) is 6.54 Å². The van der Waals surface area contributed by atoms with Crippen molar-refractivity contribution in [3.05, 3.63) is 89.5 Å². The standard InChI is InChI=1S/C31H43N3O/c1-29(2,3)25-17-24(18-26(19-25)30(4,5)6)20-32-28(35)27(31(7,8)9)34-16-15-33(22-34)21-23-13-11-10-12-14-23/h10-19,22,27H,20-21H2,1-9H3/p+1/t27-/m1/s1. The van der Waals surface area contributed by atoms with Gasteiger partial charge in [-0.25, -0.2) is 9.13 Å². The van der Waals surface area contributed by atoms with Gasteiger partial charge in [-0.2, -0.15) is 0 Å². The van der Waals surface area contributed by atoms with Crippen LogP contribution >= 0.6 is 0 Å². The molecule has 35 heavy (non-hydrogen) atoms. The minimum Gasteiger partial charge on any atom is -0.348 e. The van der Waals surface area contributed by atoms with Gasteiger partial charge in [-0.1, -0.05) is 111 Å². The van der Waals surface area contributed by atoms with Gasteiger partial charge in [0, 0.05) is 12.0 Å². The Morgan fingerprint density at radius 1 is 0.857 bits per heavy atom. The van der Waals surface area contributed by atoms with E-state index in [1.807, 2.05) is 29.4 Å². The summed E-state index contributed by atoms with van der Waals surface area (Å²) >= 11 is 0. The number of imidazole rings is 1. The van der Waals surface area contributed by atoms with E-state index in [-0.39, 0.29) is 28.2 Å². The molecular weight excluding hydrogens is 430 g/mol. The number of amides is 1. The van der Waals surface area contributed by atoms with E-state index in [9.17, 15) is 4.79 Å². The monoisotopic (exact) mass is 474 g/mol. The summed E-state index contributed by atoms with van der Waals surface area (Å²) in [5, 5.41) is 3.25. The number of nitrogens with zero attached hydrogens (tertiary/aromatic N) is 2. The number of carbonyl (C=O) groups is 1. The highest BCUT2D eigenvalue weighted by atomic mass is 16.2. The highest BCUT2D eigenvalue weighted by Crippen LogP contribution is 2.32. The molecule has 0 fully saturated rings. The fraction of sp³-hybridized carbons (Fsp3) is 0.484. The first kappa shape index (κ1) is 26.7. The van der Waals surface area contributed by atoms with Crippen molar-refractivity contribution in [3.8, 4) is 0 Å². The summed E-state index contributed by atoms with van der Waals surface area (Å²) in [5.41, 5.74) is 4.84. The van der Waals surface area contributed by atoms with Crippen LogP contribution in [0.4, 0.5) is 0 Å². The summed E-state index contributed by atoms with van der Waals surface area (Å²) in [4.78, 5) is 13.6. The maximum Gasteiger partial charge on any atom is 0.266 e. The van der Waals surface area contributed by atoms with Gasteiger partial charge < -0.3 is 5.32 Å². The van der Waals surface area contributed by atoms with Crippen molar-refractivity contribution in [3.63, 3.8) is 0 Å². The van der Waals surface area contributed by atoms with Crippen molar-refractivity contribution in [2.45, 2.75) is 92.3 Å². The Morgan fingerprint density at radius 3 is 1.94 bits per heavy atom. The van der Waals surface area contributed by atoms with Gasteiger partial charge in [-0.3, -0.25) is 4.79 Å². The number of rotatable bonds is 6. The van der Waals surface area contributed by atoms with Crippen LogP contribution in [0.15, 0.2) is 67.3 Å². The molecule has 188 valence electrons. The summed E-state index contributed by atoms with van der Waals surface area (Å²) < 4.78 is 4.17. The molecule has 1 N–H and O–H groups in total. The fourth-order valence-electron chi connectivity index (χ4n) is 4.37. The zero-order chi connectivity index (χ0) is 26.0. The van der Waals surface area contributed by atoms with Crippen LogP contribution in [0, 0.1) is 5.41 Å². The largest absolute Gasteiger partial charge is 0.348 e. The Balaban J connectivity index is 1.82. The van der Waals surface area contributed by atoms with Crippen LogP contribution in [-0.4, -0.2) is 10.5 Å². The topological polar surface area (TPSA) is 37.9 Å². The van der Waals surface area contributed by atoms with E-state index >= 15 is 0 Å². The summed E-state index contributed by atoms with van der Waals surface area (Å²) in [6.07, 6.45) is 6.10. The second kappa shape index (κ2) is 10.0. The Bertz CT molecular complexity index is 1110. The molecule has 4 nitrogen and oxygen atoms in total. The molecule has 4 heteroatoms. The number of nitrogens with one attached hydrogen (secondary N) is 1. The van der Waals surface area contributed by atoms with Crippen molar-refractivity contribution >= 4 is 5.91 Å². The molecule has 0 aliphatic rings. The van der Waals surface area contributed by atoms with Gasteiger partial charge in [0.15, 0.2) is 6.04 Å². The Hall–Kier alpha value is -2.88. The first-order valence-electron chi connectivity index (χ1n) is 12.7.